The lowest BCUT2D eigenvalue weighted by molar-refractivity contribution is 0.0603. The van der Waals surface area contributed by atoms with Crippen molar-refractivity contribution in [1.82, 2.24) is 4.90 Å². The highest BCUT2D eigenvalue weighted by atomic mass is 19.1. The number of hydrogen-bond donors (Lipinski definition) is 1. The molecule has 1 aliphatic carbocycles. The summed E-state index contributed by atoms with van der Waals surface area (Å²) in [5, 5.41) is 10.4. The summed E-state index contributed by atoms with van der Waals surface area (Å²) in [5.41, 5.74) is 2.21. The maximum absolute atomic E-state index is 13.0. The van der Waals surface area contributed by atoms with Crippen molar-refractivity contribution in [2.45, 2.75) is 31.6 Å². The minimum atomic E-state index is -0.835. The van der Waals surface area contributed by atoms with E-state index in [0.717, 1.165) is 18.4 Å². The second kappa shape index (κ2) is 7.76. The van der Waals surface area contributed by atoms with Crippen molar-refractivity contribution in [3.05, 3.63) is 71.0 Å². The molecule has 2 aromatic carbocycles. The van der Waals surface area contributed by atoms with Gasteiger partial charge in [0.2, 0.25) is 0 Å². The van der Waals surface area contributed by atoms with Crippen LogP contribution in [0.25, 0.3) is 0 Å². The number of ether oxygens (including phenoxy) is 1. The predicted octanol–water partition coefficient (Wildman–Crippen LogP) is 3.31. The molecule has 3 rings (SSSR count). The van der Waals surface area contributed by atoms with E-state index in [2.05, 4.69) is 0 Å². The molecule has 1 aliphatic rings. The molecule has 0 saturated heterocycles. The van der Waals surface area contributed by atoms with Crippen molar-refractivity contribution in [2.24, 2.45) is 0 Å². The van der Waals surface area contributed by atoms with Gasteiger partial charge in [0, 0.05) is 18.7 Å². The predicted molar refractivity (Wildman–Crippen MR) is 92.6 cm³/mol. The lowest BCUT2D eigenvalue weighted by Gasteiger charge is -2.25. The Balaban J connectivity index is 1.72. The highest BCUT2D eigenvalue weighted by molar-refractivity contribution is 5.94. The third-order valence-electron chi connectivity index (χ3n) is 4.38. The molecule has 5 heteroatoms. The van der Waals surface area contributed by atoms with E-state index in [1.165, 1.54) is 12.1 Å². The quantitative estimate of drug-likeness (QED) is 0.839. The van der Waals surface area contributed by atoms with E-state index < -0.39 is 6.10 Å². The van der Waals surface area contributed by atoms with E-state index in [1.54, 1.807) is 36.3 Å². The molecule has 0 aromatic heterocycles. The van der Waals surface area contributed by atoms with Crippen LogP contribution in [0.1, 0.15) is 40.4 Å². The van der Waals surface area contributed by atoms with Crippen molar-refractivity contribution in [3.8, 4) is 0 Å². The number of aliphatic hydroxyl groups excluding tert-OH is 1. The van der Waals surface area contributed by atoms with Gasteiger partial charge in [-0.2, -0.15) is 0 Å². The Morgan fingerprint density at radius 1 is 1.20 bits per heavy atom. The first-order chi connectivity index (χ1) is 12.1. The minimum absolute atomic E-state index is 0.0902. The third-order valence-corrected chi connectivity index (χ3v) is 4.38. The minimum Gasteiger partial charge on any atom is -0.387 e. The number of amides is 1. The monoisotopic (exact) mass is 343 g/mol. The standard InChI is InChI=1S/C20H22FNO3/c1-25-13-14-2-4-16(5-3-14)20(24)22(18-10-11-18)12-19(23)15-6-8-17(21)9-7-15/h2-9,18-19,23H,10-13H2,1H3. The Kier molecular flexibility index (Phi) is 5.46. The van der Waals surface area contributed by atoms with Gasteiger partial charge in [-0.15, -0.1) is 0 Å². The number of methoxy groups -OCH3 is 1. The molecular weight excluding hydrogens is 321 g/mol. The summed E-state index contributed by atoms with van der Waals surface area (Å²) in [6.07, 6.45) is 1.06. The first-order valence-electron chi connectivity index (χ1n) is 8.41. The fourth-order valence-corrected chi connectivity index (χ4v) is 2.84. The van der Waals surface area contributed by atoms with E-state index in [-0.39, 0.29) is 24.3 Å². The average molecular weight is 343 g/mol. The second-order valence-electron chi connectivity index (χ2n) is 6.39. The molecule has 4 nitrogen and oxygen atoms in total. The van der Waals surface area contributed by atoms with Gasteiger partial charge in [-0.1, -0.05) is 24.3 Å². The van der Waals surface area contributed by atoms with Crippen molar-refractivity contribution >= 4 is 5.91 Å². The van der Waals surface area contributed by atoms with Crippen LogP contribution in [0.5, 0.6) is 0 Å². The normalized spacial score (nSPS) is 15.0. The van der Waals surface area contributed by atoms with Crippen LogP contribution in [-0.4, -0.2) is 35.6 Å². The van der Waals surface area contributed by atoms with Crippen LogP contribution >= 0.6 is 0 Å². The molecule has 25 heavy (non-hydrogen) atoms. The summed E-state index contributed by atoms with van der Waals surface area (Å²) in [6.45, 7) is 0.707. The molecule has 1 amide bonds. The Morgan fingerprint density at radius 2 is 1.84 bits per heavy atom. The van der Waals surface area contributed by atoms with Gasteiger partial charge in [0.15, 0.2) is 0 Å². The van der Waals surface area contributed by atoms with Crippen LogP contribution in [-0.2, 0) is 11.3 Å². The van der Waals surface area contributed by atoms with Crippen molar-refractivity contribution in [3.63, 3.8) is 0 Å². The second-order valence-corrected chi connectivity index (χ2v) is 6.39. The van der Waals surface area contributed by atoms with Gasteiger partial charge < -0.3 is 14.7 Å². The number of halogens is 1. The molecule has 0 radical (unpaired) electrons. The van der Waals surface area contributed by atoms with Crippen molar-refractivity contribution in [1.29, 1.82) is 0 Å². The molecule has 1 saturated carbocycles. The number of carbonyl (C=O) groups is 1. The summed E-state index contributed by atoms with van der Waals surface area (Å²) in [7, 11) is 1.63. The summed E-state index contributed by atoms with van der Waals surface area (Å²) < 4.78 is 18.1. The Labute approximate surface area is 146 Å². The summed E-state index contributed by atoms with van der Waals surface area (Å²) in [5.74, 6) is -0.435. The largest absolute Gasteiger partial charge is 0.387 e. The van der Waals surface area contributed by atoms with Gasteiger partial charge in [-0.05, 0) is 48.2 Å². The van der Waals surface area contributed by atoms with Gasteiger partial charge in [0.1, 0.15) is 5.82 Å². The lowest BCUT2D eigenvalue weighted by atomic mass is 10.1. The van der Waals surface area contributed by atoms with Gasteiger partial charge >= 0.3 is 0 Å². The van der Waals surface area contributed by atoms with Gasteiger partial charge in [0.05, 0.1) is 19.3 Å². The maximum atomic E-state index is 13.0. The number of rotatable bonds is 7. The fourth-order valence-electron chi connectivity index (χ4n) is 2.84. The van der Waals surface area contributed by atoms with E-state index in [9.17, 15) is 14.3 Å². The zero-order valence-corrected chi connectivity index (χ0v) is 14.2. The van der Waals surface area contributed by atoms with Crippen LogP contribution < -0.4 is 0 Å². The number of benzene rings is 2. The van der Waals surface area contributed by atoms with Gasteiger partial charge in [-0.3, -0.25) is 4.79 Å². The number of hydrogen-bond acceptors (Lipinski definition) is 3. The summed E-state index contributed by atoms with van der Waals surface area (Å²) >= 11 is 0. The molecule has 0 bridgehead atoms. The van der Waals surface area contributed by atoms with Crippen LogP contribution in [0.3, 0.4) is 0 Å². The smallest absolute Gasteiger partial charge is 0.254 e. The lowest BCUT2D eigenvalue weighted by Crippen LogP contribution is -2.36. The van der Waals surface area contributed by atoms with E-state index in [0.29, 0.717) is 17.7 Å². The summed E-state index contributed by atoms with van der Waals surface area (Å²) in [4.78, 5) is 14.6. The SMILES string of the molecule is COCc1ccc(C(=O)N(CC(O)c2ccc(F)cc2)C2CC2)cc1. The number of nitrogens with zero attached hydrogens (tertiary/aromatic N) is 1. The van der Waals surface area contributed by atoms with E-state index >= 15 is 0 Å². The molecule has 1 atom stereocenters. The van der Waals surface area contributed by atoms with Crippen LogP contribution in [0.2, 0.25) is 0 Å². The number of aliphatic hydroxyl groups is 1. The molecule has 1 unspecified atom stereocenters. The topological polar surface area (TPSA) is 49.8 Å². The molecule has 132 valence electrons. The number of carbonyl (C=O) groups excluding carboxylic acids is 1. The molecule has 0 heterocycles. The van der Waals surface area contributed by atoms with E-state index in [1.807, 2.05) is 12.1 Å². The Hall–Kier alpha value is -2.24. The molecule has 0 spiro atoms. The molecular formula is C20H22FNO3. The average Bonchev–Trinajstić information content (AvgIpc) is 3.45. The molecule has 0 aliphatic heterocycles. The maximum Gasteiger partial charge on any atom is 0.254 e. The van der Waals surface area contributed by atoms with Crippen LogP contribution in [0.4, 0.5) is 4.39 Å². The third kappa shape index (κ3) is 4.44. The van der Waals surface area contributed by atoms with Crippen molar-refractivity contribution < 1.29 is 19.0 Å². The summed E-state index contributed by atoms with van der Waals surface area (Å²) in [6, 6.07) is 13.2. The highest BCUT2D eigenvalue weighted by Gasteiger charge is 2.34. The van der Waals surface area contributed by atoms with E-state index in [4.69, 9.17) is 4.74 Å². The van der Waals surface area contributed by atoms with Crippen LogP contribution in [0, 0.1) is 5.82 Å². The molecule has 2 aromatic rings. The van der Waals surface area contributed by atoms with Crippen LogP contribution in [0.15, 0.2) is 48.5 Å². The molecule has 1 fully saturated rings. The van der Waals surface area contributed by atoms with Gasteiger partial charge in [0.25, 0.3) is 5.91 Å². The Bertz CT molecular complexity index is 711. The molecule has 1 N–H and O–H groups in total. The first-order valence-corrected chi connectivity index (χ1v) is 8.41. The Morgan fingerprint density at radius 3 is 2.40 bits per heavy atom. The first kappa shape index (κ1) is 17.6. The van der Waals surface area contributed by atoms with Gasteiger partial charge in [-0.25, -0.2) is 4.39 Å². The zero-order valence-electron chi connectivity index (χ0n) is 14.2. The highest BCUT2D eigenvalue weighted by Crippen LogP contribution is 2.30. The zero-order chi connectivity index (χ0) is 17.8. The van der Waals surface area contributed by atoms with Crippen molar-refractivity contribution in [2.75, 3.05) is 13.7 Å². The fraction of sp³-hybridized carbons (Fsp3) is 0.350.